The Kier molecular flexibility index (Phi) is 5.85. The van der Waals surface area contributed by atoms with Crippen LogP contribution in [0.5, 0.6) is 0 Å². The minimum atomic E-state index is -5.94. The first-order valence-corrected chi connectivity index (χ1v) is 10.7. The Balaban J connectivity index is 0.000000422. The molecule has 124 valence electrons. The number of thiophene rings is 1. The van der Waals surface area contributed by atoms with E-state index in [4.69, 9.17) is 13.7 Å². The van der Waals surface area contributed by atoms with Gasteiger partial charge in [-0.15, -0.1) is 13.2 Å². The lowest BCUT2D eigenvalue weighted by Gasteiger charge is -2.13. The third kappa shape index (κ3) is 5.63. The molecule has 0 aliphatic heterocycles. The molecule has 0 saturated carbocycles. The highest BCUT2D eigenvalue weighted by molar-refractivity contribution is 7.38. The van der Waals surface area contributed by atoms with E-state index in [1.807, 2.05) is 20.8 Å². The predicted molar refractivity (Wildman–Crippen MR) is 66.4 cm³/mol. The van der Waals surface area contributed by atoms with Crippen molar-refractivity contribution in [2.45, 2.75) is 31.7 Å². The van der Waals surface area contributed by atoms with E-state index in [2.05, 4.69) is 0 Å². The van der Waals surface area contributed by atoms with Gasteiger partial charge in [-0.3, -0.25) is 13.7 Å². The van der Waals surface area contributed by atoms with Crippen LogP contribution in [0.3, 0.4) is 0 Å². The SMILES string of the molecule is CC(C)(C)c1cc2ccccc2[s+]1C(F)(F)F.[O-][I+3]([O-])([O-])[O-]. The molecule has 0 saturated heterocycles. The number of rotatable bonds is 0. The van der Waals surface area contributed by atoms with Gasteiger partial charge in [0.1, 0.15) is 20.1 Å². The highest BCUT2D eigenvalue weighted by Gasteiger charge is 2.50. The van der Waals surface area contributed by atoms with E-state index in [9.17, 15) is 13.2 Å². The molecule has 0 aliphatic rings. The molecule has 0 spiro atoms. The Morgan fingerprint density at radius 1 is 0.955 bits per heavy atom. The summed E-state index contributed by atoms with van der Waals surface area (Å²) in [6.45, 7) is 5.49. The van der Waals surface area contributed by atoms with Gasteiger partial charge in [0.25, 0.3) is 0 Å². The second-order valence-corrected chi connectivity index (χ2v) is 9.54. The van der Waals surface area contributed by atoms with Crippen molar-refractivity contribution in [2.75, 3.05) is 0 Å². The van der Waals surface area contributed by atoms with Crippen LogP contribution >= 0.6 is 10.5 Å². The van der Waals surface area contributed by atoms with Crippen molar-refractivity contribution in [2.24, 2.45) is 0 Å². The summed E-state index contributed by atoms with van der Waals surface area (Å²) in [5.74, 6) is 0. The van der Waals surface area contributed by atoms with Gasteiger partial charge in [0.05, 0.1) is 10.5 Å². The predicted octanol–water partition coefficient (Wildman–Crippen LogP) is -2.39. The molecular weight excluding hydrogens is 436 g/mol. The standard InChI is InChI=1S/C13H14F3S.IO4/c1-12(2,3)11-8-9-6-4-5-7-10(9)17(11)13(14,15)16;2-1(3,4)5/h4-8H,1-3H3;/q+1;-1. The molecule has 2 aromatic rings. The van der Waals surface area contributed by atoms with Crippen LogP contribution in [0.2, 0.25) is 0 Å². The number of benzene rings is 1. The van der Waals surface area contributed by atoms with Gasteiger partial charge in [-0.25, -0.2) is 0 Å². The van der Waals surface area contributed by atoms with Crippen molar-refractivity contribution in [3.05, 3.63) is 35.2 Å². The van der Waals surface area contributed by atoms with Crippen LogP contribution in [0.25, 0.3) is 10.1 Å². The third-order valence-electron chi connectivity index (χ3n) is 2.62. The molecule has 0 N–H and O–H groups in total. The maximum atomic E-state index is 13.2. The number of fused-ring (bicyclic) bond motifs is 1. The first-order chi connectivity index (χ1) is 9.71. The fraction of sp³-hybridized carbons (Fsp3) is 0.385. The van der Waals surface area contributed by atoms with Gasteiger partial charge in [-0.05, 0) is 12.1 Å². The second kappa shape index (κ2) is 6.57. The summed E-state index contributed by atoms with van der Waals surface area (Å²) in [6, 6.07) is 8.48. The van der Waals surface area contributed by atoms with Crippen LogP contribution in [-0.4, -0.2) is 0 Å². The Labute approximate surface area is 134 Å². The molecule has 0 aliphatic carbocycles. The Morgan fingerprint density at radius 3 is 1.82 bits per heavy atom. The Morgan fingerprint density at radius 2 is 1.41 bits per heavy atom. The van der Waals surface area contributed by atoms with Crippen LogP contribution in [0.4, 0.5) is 13.2 Å². The van der Waals surface area contributed by atoms with E-state index in [1.54, 1.807) is 30.3 Å². The van der Waals surface area contributed by atoms with E-state index < -0.39 is 41.5 Å². The van der Waals surface area contributed by atoms with E-state index in [1.165, 1.54) is 0 Å². The zero-order valence-corrected chi connectivity index (χ0v) is 14.9. The van der Waals surface area contributed by atoms with Gasteiger partial charge in [0.15, 0.2) is 9.58 Å². The molecule has 9 heteroatoms. The first kappa shape index (κ1) is 19.6. The highest BCUT2D eigenvalue weighted by atomic mass is 127. The average Bonchev–Trinajstić information content (AvgIpc) is 2.64. The lowest BCUT2D eigenvalue weighted by molar-refractivity contribution is -2.00. The van der Waals surface area contributed by atoms with Gasteiger partial charge in [-0.2, -0.15) is 0 Å². The molecule has 22 heavy (non-hydrogen) atoms. The molecule has 1 heterocycles. The van der Waals surface area contributed by atoms with E-state index in [-0.39, 0.29) is 0 Å². The Hall–Kier alpha value is -0.460. The fourth-order valence-corrected chi connectivity index (χ4v) is 4.05. The van der Waals surface area contributed by atoms with Crippen molar-refractivity contribution in [3.63, 3.8) is 0 Å². The van der Waals surface area contributed by atoms with Gasteiger partial charge < -0.3 is 0 Å². The normalized spacial score (nSPS) is 13.8. The van der Waals surface area contributed by atoms with Gasteiger partial charge >= 0.3 is 5.51 Å². The average molecular weight is 450 g/mol. The number of halogens is 4. The summed E-state index contributed by atoms with van der Waals surface area (Å²) in [6.07, 6.45) is 0. The van der Waals surface area contributed by atoms with Crippen molar-refractivity contribution >= 4 is 20.6 Å². The van der Waals surface area contributed by atoms with Crippen LogP contribution < -0.4 is 33.8 Å². The maximum Gasteiger partial charge on any atom is 0.600 e. The topological polar surface area (TPSA) is 92.2 Å². The zero-order chi connectivity index (χ0) is 17.3. The number of hydrogen-bond acceptors (Lipinski definition) is 4. The molecule has 1 atom stereocenters. The summed E-state index contributed by atoms with van der Waals surface area (Å²) < 4.78 is 74.5. The van der Waals surface area contributed by atoms with E-state index >= 15 is 0 Å². The summed E-state index contributed by atoms with van der Waals surface area (Å²) in [5.41, 5.74) is -4.65. The van der Waals surface area contributed by atoms with Crippen LogP contribution in [0.15, 0.2) is 30.3 Å². The summed E-state index contributed by atoms with van der Waals surface area (Å²) in [7, 11) is -1.77. The molecule has 0 amide bonds. The monoisotopic (exact) mass is 450 g/mol. The van der Waals surface area contributed by atoms with Crippen molar-refractivity contribution < 1.29 is 47.0 Å². The van der Waals surface area contributed by atoms with Gasteiger partial charge in [0, 0.05) is 16.9 Å². The van der Waals surface area contributed by atoms with Gasteiger partial charge in [-0.1, -0.05) is 32.9 Å². The molecular formula is C13H14F3IO4S. The quantitative estimate of drug-likeness (QED) is 0.331. The van der Waals surface area contributed by atoms with E-state index in [0.717, 1.165) is 0 Å². The summed E-state index contributed by atoms with van der Waals surface area (Å²) in [5, 5.41) is 0.707. The lowest BCUT2D eigenvalue weighted by atomic mass is 9.94. The largest absolute Gasteiger partial charge is 0.600 e. The molecule has 2 rings (SSSR count). The minimum absolute atomic E-state index is 0.407. The van der Waals surface area contributed by atoms with Crippen LogP contribution in [0.1, 0.15) is 25.6 Å². The smallest absolute Gasteiger partial charge is 0.286 e. The van der Waals surface area contributed by atoms with Crippen molar-refractivity contribution in [3.8, 4) is 0 Å². The molecule has 1 aromatic carbocycles. The van der Waals surface area contributed by atoms with Gasteiger partial charge in [0.2, 0.25) is 0 Å². The number of hydrogen-bond donors (Lipinski definition) is 0. The van der Waals surface area contributed by atoms with Crippen molar-refractivity contribution in [1.82, 2.24) is 0 Å². The van der Waals surface area contributed by atoms with Crippen LogP contribution in [0, 0.1) is 0 Å². The first-order valence-electron chi connectivity index (χ1n) is 5.95. The molecule has 1 unspecified atom stereocenters. The molecule has 0 radical (unpaired) electrons. The molecule has 0 fully saturated rings. The third-order valence-corrected chi connectivity index (χ3v) is 5.06. The summed E-state index contributed by atoms with van der Waals surface area (Å²) >= 11 is -5.94. The second-order valence-electron chi connectivity index (χ2n) is 5.43. The zero-order valence-electron chi connectivity index (χ0n) is 11.9. The molecule has 4 nitrogen and oxygen atoms in total. The van der Waals surface area contributed by atoms with Crippen LogP contribution in [-0.2, 0) is 10.9 Å². The highest BCUT2D eigenvalue weighted by Crippen LogP contribution is 2.53. The fourth-order valence-electron chi connectivity index (χ4n) is 1.88. The lowest BCUT2D eigenvalue weighted by Crippen LogP contribution is -4.29. The minimum Gasteiger partial charge on any atom is -0.286 e. The Bertz CT molecular complexity index is 635. The number of alkyl halides is 3. The maximum absolute atomic E-state index is 13.2. The summed E-state index contributed by atoms with van der Waals surface area (Å²) in [4.78, 5) is 0.478. The van der Waals surface area contributed by atoms with E-state index in [0.29, 0.717) is 15.0 Å². The van der Waals surface area contributed by atoms with Crippen molar-refractivity contribution in [1.29, 1.82) is 0 Å². The molecule has 1 aromatic heterocycles. The molecule has 0 bridgehead atoms.